The summed E-state index contributed by atoms with van der Waals surface area (Å²) >= 11 is 1.49. The van der Waals surface area contributed by atoms with Gasteiger partial charge in [-0.25, -0.2) is 0 Å². The lowest BCUT2D eigenvalue weighted by Crippen LogP contribution is -2.49. The lowest BCUT2D eigenvalue weighted by Gasteiger charge is -2.37. The Morgan fingerprint density at radius 3 is 2.50 bits per heavy atom. The number of nitrogens with zero attached hydrogens (tertiary/aromatic N) is 2. The average molecular weight is 452 g/mol. The largest absolute Gasteiger partial charge is 0.496 e. The van der Waals surface area contributed by atoms with Gasteiger partial charge in [0.25, 0.3) is 11.8 Å². The Kier molecular flexibility index (Phi) is 6.74. The minimum absolute atomic E-state index is 0.00696. The fraction of sp³-hybridized carbons (Fsp3) is 0.360. The van der Waals surface area contributed by atoms with Crippen LogP contribution in [-0.4, -0.2) is 55.3 Å². The lowest BCUT2D eigenvalue weighted by molar-refractivity contribution is -0.112. The number of nitrogens with one attached hydrogen (secondary N) is 1. The number of rotatable bonds is 4. The topological polar surface area (TPSA) is 61.9 Å². The van der Waals surface area contributed by atoms with E-state index in [1.165, 1.54) is 28.6 Å². The molecule has 0 bridgehead atoms. The van der Waals surface area contributed by atoms with Gasteiger partial charge in [-0.15, -0.1) is 11.8 Å². The molecule has 0 radical (unpaired) electrons. The summed E-state index contributed by atoms with van der Waals surface area (Å²) in [7, 11) is 0. The number of thioether (sulfide) groups is 1. The first-order valence-electron chi connectivity index (χ1n) is 10.9. The van der Waals surface area contributed by atoms with Crippen LogP contribution in [0, 0.1) is 13.8 Å². The van der Waals surface area contributed by atoms with Crippen molar-refractivity contribution in [2.75, 3.05) is 48.8 Å². The van der Waals surface area contributed by atoms with E-state index < -0.39 is 0 Å². The van der Waals surface area contributed by atoms with E-state index in [1.54, 1.807) is 31.2 Å². The molecule has 0 saturated carbocycles. The predicted molar refractivity (Wildman–Crippen MR) is 130 cm³/mol. The lowest BCUT2D eigenvalue weighted by atomic mass is 10.1. The normalized spacial score (nSPS) is 16.6. The summed E-state index contributed by atoms with van der Waals surface area (Å²) in [5.74, 6) is 1.20. The Labute approximate surface area is 193 Å². The molecule has 1 fully saturated rings. The predicted octanol–water partition coefficient (Wildman–Crippen LogP) is 4.20. The van der Waals surface area contributed by atoms with Crippen LogP contribution in [0.5, 0.6) is 0 Å². The smallest absolute Gasteiger partial charge is 0.265 e. The summed E-state index contributed by atoms with van der Waals surface area (Å²) in [6, 6.07) is 13.5. The van der Waals surface area contributed by atoms with E-state index in [0.717, 1.165) is 18.8 Å². The van der Waals surface area contributed by atoms with Crippen molar-refractivity contribution >= 4 is 35.0 Å². The minimum atomic E-state index is -0.195. The van der Waals surface area contributed by atoms with Gasteiger partial charge in [0.15, 0.2) is 0 Å². The zero-order valence-corrected chi connectivity index (χ0v) is 19.6. The van der Waals surface area contributed by atoms with Gasteiger partial charge in [-0.3, -0.25) is 9.59 Å². The van der Waals surface area contributed by atoms with Gasteiger partial charge in [0.2, 0.25) is 0 Å². The number of aryl methyl sites for hydroxylation is 1. The fourth-order valence-corrected chi connectivity index (χ4v) is 4.88. The quantitative estimate of drug-likeness (QED) is 0.755. The molecule has 1 saturated heterocycles. The maximum atomic E-state index is 13.1. The molecule has 7 heteroatoms. The van der Waals surface area contributed by atoms with Crippen LogP contribution in [0.3, 0.4) is 0 Å². The number of benzene rings is 2. The molecule has 0 aromatic heterocycles. The third-order valence-electron chi connectivity index (χ3n) is 6.03. The van der Waals surface area contributed by atoms with Gasteiger partial charge in [0.1, 0.15) is 10.7 Å². The Balaban J connectivity index is 1.40. The summed E-state index contributed by atoms with van der Waals surface area (Å²) in [5, 5.41) is 2.90. The summed E-state index contributed by atoms with van der Waals surface area (Å²) in [5.41, 5.74) is 5.02. The van der Waals surface area contributed by atoms with Gasteiger partial charge in [-0.1, -0.05) is 18.2 Å². The van der Waals surface area contributed by atoms with E-state index in [9.17, 15) is 9.59 Å². The Hall–Kier alpha value is -2.93. The highest BCUT2D eigenvalue weighted by Gasteiger charge is 2.24. The van der Waals surface area contributed by atoms with E-state index in [0.29, 0.717) is 41.6 Å². The molecule has 2 aromatic rings. The molecule has 0 spiro atoms. The standard InChI is InChI=1S/C25H29N3O3S/c1-17-6-4-9-22(18(17)2)27-10-12-28(13-11-27)25(30)20-7-5-8-21(16-20)26-24(29)23-19(3)31-14-15-32-23/h4-9,16H,10-15H2,1-3H3,(H,26,29). The molecule has 2 aliphatic rings. The maximum Gasteiger partial charge on any atom is 0.265 e. The number of carbonyl (C=O) groups is 2. The van der Waals surface area contributed by atoms with Crippen molar-refractivity contribution in [2.24, 2.45) is 0 Å². The number of anilines is 2. The molecule has 168 valence electrons. The highest BCUT2D eigenvalue weighted by Crippen LogP contribution is 2.27. The van der Waals surface area contributed by atoms with Gasteiger partial charge in [0, 0.05) is 48.9 Å². The van der Waals surface area contributed by atoms with Gasteiger partial charge in [-0.2, -0.15) is 0 Å². The first kappa shape index (κ1) is 22.3. The molecule has 0 aliphatic carbocycles. The van der Waals surface area contributed by atoms with Crippen LogP contribution in [-0.2, 0) is 9.53 Å². The van der Waals surface area contributed by atoms with E-state index >= 15 is 0 Å². The minimum Gasteiger partial charge on any atom is -0.496 e. The Bertz CT molecular complexity index is 1060. The summed E-state index contributed by atoms with van der Waals surface area (Å²) in [6.07, 6.45) is 0. The van der Waals surface area contributed by atoms with E-state index in [4.69, 9.17) is 4.74 Å². The SMILES string of the molecule is CC1=C(C(=O)Nc2cccc(C(=O)N3CCN(c4cccc(C)c4C)CC3)c2)SCCO1. The molecule has 2 aliphatic heterocycles. The Morgan fingerprint density at radius 2 is 1.75 bits per heavy atom. The molecule has 2 amide bonds. The average Bonchev–Trinajstić information content (AvgIpc) is 2.81. The third-order valence-corrected chi connectivity index (χ3v) is 7.16. The number of allylic oxidation sites excluding steroid dienone is 1. The molecular formula is C25H29N3O3S. The van der Waals surface area contributed by atoms with Gasteiger partial charge >= 0.3 is 0 Å². The van der Waals surface area contributed by atoms with Crippen LogP contribution in [0.4, 0.5) is 11.4 Å². The van der Waals surface area contributed by atoms with Crippen molar-refractivity contribution in [1.29, 1.82) is 0 Å². The Morgan fingerprint density at radius 1 is 1.00 bits per heavy atom. The number of carbonyl (C=O) groups excluding carboxylic acids is 2. The van der Waals surface area contributed by atoms with Crippen LogP contribution in [0.25, 0.3) is 0 Å². The summed E-state index contributed by atoms with van der Waals surface area (Å²) < 4.78 is 5.48. The van der Waals surface area contributed by atoms with Crippen LogP contribution >= 0.6 is 11.8 Å². The van der Waals surface area contributed by atoms with Crippen LogP contribution in [0.15, 0.2) is 53.1 Å². The summed E-state index contributed by atoms with van der Waals surface area (Å²) in [6.45, 7) is 9.65. The van der Waals surface area contributed by atoms with E-state index in [2.05, 4.69) is 42.3 Å². The van der Waals surface area contributed by atoms with Gasteiger partial charge in [0.05, 0.1) is 6.61 Å². The van der Waals surface area contributed by atoms with Crippen molar-refractivity contribution in [2.45, 2.75) is 20.8 Å². The number of hydrogen-bond donors (Lipinski definition) is 1. The zero-order valence-electron chi connectivity index (χ0n) is 18.8. The second-order valence-electron chi connectivity index (χ2n) is 8.12. The number of piperazine rings is 1. The molecule has 0 unspecified atom stereocenters. The van der Waals surface area contributed by atoms with Crippen molar-refractivity contribution in [3.8, 4) is 0 Å². The second-order valence-corrected chi connectivity index (χ2v) is 9.22. The molecular weight excluding hydrogens is 422 g/mol. The molecule has 4 rings (SSSR count). The molecule has 1 N–H and O–H groups in total. The number of amides is 2. The highest BCUT2D eigenvalue weighted by molar-refractivity contribution is 8.04. The fourth-order valence-electron chi connectivity index (χ4n) is 4.06. The van der Waals surface area contributed by atoms with E-state index in [1.807, 2.05) is 4.90 Å². The van der Waals surface area contributed by atoms with Crippen molar-refractivity contribution in [3.05, 3.63) is 69.8 Å². The van der Waals surface area contributed by atoms with Crippen LogP contribution < -0.4 is 10.2 Å². The van der Waals surface area contributed by atoms with Crippen LogP contribution in [0.2, 0.25) is 0 Å². The highest BCUT2D eigenvalue weighted by atomic mass is 32.2. The van der Waals surface area contributed by atoms with E-state index in [-0.39, 0.29) is 11.8 Å². The molecule has 32 heavy (non-hydrogen) atoms. The summed E-state index contributed by atoms with van der Waals surface area (Å²) in [4.78, 5) is 30.6. The van der Waals surface area contributed by atoms with Crippen molar-refractivity contribution in [3.63, 3.8) is 0 Å². The number of hydrogen-bond acceptors (Lipinski definition) is 5. The second kappa shape index (κ2) is 9.69. The van der Waals surface area contributed by atoms with Gasteiger partial charge < -0.3 is 19.9 Å². The molecule has 2 heterocycles. The monoisotopic (exact) mass is 451 g/mol. The third kappa shape index (κ3) is 4.78. The maximum absolute atomic E-state index is 13.1. The first-order chi connectivity index (χ1) is 15.4. The molecule has 0 atom stereocenters. The van der Waals surface area contributed by atoms with Crippen LogP contribution in [0.1, 0.15) is 28.4 Å². The van der Waals surface area contributed by atoms with Crippen molar-refractivity contribution in [1.82, 2.24) is 4.90 Å². The number of ether oxygens (including phenoxy) is 1. The first-order valence-corrected chi connectivity index (χ1v) is 11.9. The van der Waals surface area contributed by atoms with Crippen molar-refractivity contribution < 1.29 is 14.3 Å². The molecule has 2 aromatic carbocycles. The molecule has 6 nitrogen and oxygen atoms in total. The zero-order chi connectivity index (χ0) is 22.7. The van der Waals surface area contributed by atoms with Gasteiger partial charge in [-0.05, 0) is 56.2 Å².